The van der Waals surface area contributed by atoms with Gasteiger partial charge in [0.15, 0.2) is 5.13 Å². The van der Waals surface area contributed by atoms with Gasteiger partial charge >= 0.3 is 6.18 Å². The Balaban J connectivity index is 1.57. The van der Waals surface area contributed by atoms with Crippen molar-refractivity contribution >= 4 is 54.6 Å². The van der Waals surface area contributed by atoms with Crippen LogP contribution in [0.4, 0.5) is 29.7 Å². The molecule has 1 saturated heterocycles. The molecule has 1 amide bonds. The molecule has 1 N–H and O–H groups in total. The lowest BCUT2D eigenvalue weighted by molar-refractivity contribution is -0.136. The predicted octanol–water partition coefficient (Wildman–Crippen LogP) is 5.31. The number of aromatic nitrogens is 1. The number of halogens is 3. The van der Waals surface area contributed by atoms with E-state index < -0.39 is 17.6 Å². The van der Waals surface area contributed by atoms with Crippen molar-refractivity contribution in [3.63, 3.8) is 0 Å². The van der Waals surface area contributed by atoms with Crippen molar-refractivity contribution in [1.29, 1.82) is 0 Å². The van der Waals surface area contributed by atoms with Crippen molar-refractivity contribution in [2.45, 2.75) is 20.0 Å². The maximum absolute atomic E-state index is 13.7. The molecule has 0 radical (unpaired) electrons. The Labute approximate surface area is 191 Å². The number of anilines is 3. The molecule has 0 aliphatic carbocycles. The van der Waals surface area contributed by atoms with Gasteiger partial charge in [0.1, 0.15) is 4.83 Å². The van der Waals surface area contributed by atoms with Gasteiger partial charge in [0.05, 0.1) is 34.0 Å². The number of hydrogen-bond acceptors (Lipinski definition) is 7. The van der Waals surface area contributed by atoms with Gasteiger partial charge in [-0.3, -0.25) is 4.79 Å². The van der Waals surface area contributed by atoms with Crippen LogP contribution in [0.1, 0.15) is 29.1 Å². The Bertz CT molecular complexity index is 1070. The first kappa shape index (κ1) is 22.8. The lowest BCUT2D eigenvalue weighted by Gasteiger charge is -2.29. The van der Waals surface area contributed by atoms with Gasteiger partial charge < -0.3 is 19.9 Å². The van der Waals surface area contributed by atoms with Gasteiger partial charge in [-0.15, -0.1) is 11.3 Å². The number of alkyl halides is 3. The summed E-state index contributed by atoms with van der Waals surface area (Å²) in [5, 5.41) is 3.32. The van der Waals surface area contributed by atoms with Gasteiger partial charge in [-0.2, -0.15) is 13.2 Å². The number of nitrogens with one attached hydrogen (secondary N) is 1. The van der Waals surface area contributed by atoms with Crippen molar-refractivity contribution in [3.8, 4) is 0 Å². The summed E-state index contributed by atoms with van der Waals surface area (Å²) >= 11 is 2.65. The fraction of sp³-hybridized carbons (Fsp3) is 0.429. The van der Waals surface area contributed by atoms with Gasteiger partial charge in [0.2, 0.25) is 0 Å². The second-order valence-corrected chi connectivity index (χ2v) is 9.27. The van der Waals surface area contributed by atoms with E-state index in [1.165, 1.54) is 28.7 Å². The standard InChI is InChI=1S/C21H23F3N4O2S2/c1-3-27(4-2)20-26-19-17(32-20)12-16(31-19)18(29)25-15-6-5-13(11-14(15)21(22,23)24)28-7-9-30-10-8-28/h5-6,11-12H,3-4,7-10H2,1-2H3,(H,25,29). The summed E-state index contributed by atoms with van der Waals surface area (Å²) in [6, 6.07) is 5.69. The van der Waals surface area contributed by atoms with Crippen molar-refractivity contribution in [2.24, 2.45) is 0 Å². The first-order chi connectivity index (χ1) is 15.3. The molecule has 3 aromatic rings. The van der Waals surface area contributed by atoms with Crippen LogP contribution >= 0.6 is 22.7 Å². The van der Waals surface area contributed by atoms with Gasteiger partial charge in [0, 0.05) is 31.9 Å². The molecular formula is C21H23F3N4O2S2. The van der Waals surface area contributed by atoms with Crippen LogP contribution in [0.25, 0.3) is 9.53 Å². The second-order valence-electron chi connectivity index (χ2n) is 7.23. The van der Waals surface area contributed by atoms with E-state index in [-0.39, 0.29) is 5.69 Å². The molecule has 6 nitrogen and oxygen atoms in total. The molecule has 4 rings (SSSR count). The molecule has 0 spiro atoms. The number of carbonyl (C=O) groups is 1. The molecule has 0 saturated carbocycles. The van der Waals surface area contributed by atoms with Crippen LogP contribution in [-0.2, 0) is 10.9 Å². The van der Waals surface area contributed by atoms with Crippen LogP contribution in [-0.4, -0.2) is 50.3 Å². The number of fused-ring (bicyclic) bond motifs is 1. The second kappa shape index (κ2) is 9.24. The summed E-state index contributed by atoms with van der Waals surface area (Å²) in [5.74, 6) is -0.575. The van der Waals surface area contributed by atoms with Crippen molar-refractivity contribution < 1.29 is 22.7 Å². The fourth-order valence-corrected chi connectivity index (χ4v) is 5.78. The van der Waals surface area contributed by atoms with E-state index in [0.717, 1.165) is 29.0 Å². The number of thiazole rings is 1. The number of hydrogen-bond donors (Lipinski definition) is 1. The van der Waals surface area contributed by atoms with Gasteiger partial charge in [-0.25, -0.2) is 4.98 Å². The van der Waals surface area contributed by atoms with Crippen LogP contribution < -0.4 is 15.1 Å². The van der Waals surface area contributed by atoms with Crippen molar-refractivity contribution in [3.05, 3.63) is 34.7 Å². The number of ether oxygens (including phenoxy) is 1. The average Bonchev–Trinajstić information content (AvgIpc) is 3.34. The summed E-state index contributed by atoms with van der Waals surface area (Å²) < 4.78 is 47.4. The highest BCUT2D eigenvalue weighted by molar-refractivity contribution is 7.29. The van der Waals surface area contributed by atoms with E-state index in [0.29, 0.717) is 41.7 Å². The normalized spacial score (nSPS) is 14.7. The summed E-state index contributed by atoms with van der Waals surface area (Å²) in [5.41, 5.74) is -0.661. The van der Waals surface area contributed by atoms with Crippen LogP contribution in [0.5, 0.6) is 0 Å². The number of rotatable bonds is 6. The molecule has 172 valence electrons. The highest BCUT2D eigenvalue weighted by Crippen LogP contribution is 2.39. The fourth-order valence-electron chi connectivity index (χ4n) is 3.54. The van der Waals surface area contributed by atoms with Crippen molar-refractivity contribution in [2.75, 3.05) is 54.5 Å². The zero-order valence-corrected chi connectivity index (χ0v) is 19.3. The Morgan fingerprint density at radius 2 is 1.91 bits per heavy atom. The van der Waals surface area contributed by atoms with Gasteiger partial charge in [-0.1, -0.05) is 11.3 Å². The maximum atomic E-state index is 13.7. The Kier molecular flexibility index (Phi) is 6.59. The van der Waals surface area contributed by atoms with E-state index in [2.05, 4.69) is 15.2 Å². The summed E-state index contributed by atoms with van der Waals surface area (Å²) in [4.78, 5) is 22.3. The number of nitrogens with zero attached hydrogens (tertiary/aromatic N) is 3. The smallest absolute Gasteiger partial charge is 0.378 e. The number of morpholine rings is 1. The Morgan fingerprint density at radius 1 is 1.19 bits per heavy atom. The first-order valence-electron chi connectivity index (χ1n) is 10.3. The molecule has 32 heavy (non-hydrogen) atoms. The largest absolute Gasteiger partial charge is 0.418 e. The lowest BCUT2D eigenvalue weighted by atomic mass is 10.1. The monoisotopic (exact) mass is 484 g/mol. The predicted molar refractivity (Wildman–Crippen MR) is 123 cm³/mol. The number of amides is 1. The zero-order chi connectivity index (χ0) is 22.9. The zero-order valence-electron chi connectivity index (χ0n) is 17.7. The van der Waals surface area contributed by atoms with E-state index >= 15 is 0 Å². The van der Waals surface area contributed by atoms with Crippen LogP contribution in [0.3, 0.4) is 0 Å². The van der Waals surface area contributed by atoms with Gasteiger partial charge in [-0.05, 0) is 38.1 Å². The van der Waals surface area contributed by atoms with E-state index in [1.807, 2.05) is 18.7 Å². The highest BCUT2D eigenvalue weighted by Gasteiger charge is 2.35. The Morgan fingerprint density at radius 3 is 2.53 bits per heavy atom. The highest BCUT2D eigenvalue weighted by atomic mass is 32.1. The SMILES string of the molecule is CCN(CC)c1nc2sc(C(=O)Nc3ccc(N4CCOCC4)cc3C(F)(F)F)cc2s1. The molecule has 0 atom stereocenters. The Hall–Kier alpha value is -2.37. The molecule has 1 aliphatic heterocycles. The average molecular weight is 485 g/mol. The third kappa shape index (κ3) is 4.69. The van der Waals surface area contributed by atoms with E-state index in [1.54, 1.807) is 12.1 Å². The van der Waals surface area contributed by atoms with E-state index in [4.69, 9.17) is 4.74 Å². The summed E-state index contributed by atoms with van der Waals surface area (Å²) in [6.45, 7) is 7.73. The molecule has 3 heterocycles. The number of thiophene rings is 1. The quantitative estimate of drug-likeness (QED) is 0.514. The van der Waals surface area contributed by atoms with Crippen LogP contribution in [0.2, 0.25) is 0 Å². The third-order valence-corrected chi connectivity index (χ3v) is 7.49. The molecule has 0 unspecified atom stereocenters. The minimum atomic E-state index is -4.60. The van der Waals surface area contributed by atoms with Crippen molar-refractivity contribution in [1.82, 2.24) is 4.98 Å². The topological polar surface area (TPSA) is 57.7 Å². The maximum Gasteiger partial charge on any atom is 0.418 e. The lowest BCUT2D eigenvalue weighted by Crippen LogP contribution is -2.36. The molecule has 11 heteroatoms. The van der Waals surface area contributed by atoms with Crippen LogP contribution in [0, 0.1) is 0 Å². The minimum absolute atomic E-state index is 0.256. The molecular weight excluding hydrogens is 461 g/mol. The molecule has 0 bridgehead atoms. The number of benzene rings is 1. The molecule has 1 aliphatic rings. The van der Waals surface area contributed by atoms with E-state index in [9.17, 15) is 18.0 Å². The third-order valence-electron chi connectivity index (χ3n) is 5.27. The summed E-state index contributed by atoms with van der Waals surface area (Å²) in [6.07, 6.45) is -4.60. The molecule has 1 aromatic carbocycles. The molecule has 2 aromatic heterocycles. The minimum Gasteiger partial charge on any atom is -0.378 e. The summed E-state index contributed by atoms with van der Waals surface area (Å²) in [7, 11) is 0. The van der Waals surface area contributed by atoms with Gasteiger partial charge in [0.25, 0.3) is 5.91 Å². The van der Waals surface area contributed by atoms with Crippen LogP contribution in [0.15, 0.2) is 24.3 Å². The first-order valence-corrected chi connectivity index (χ1v) is 11.9. The molecule has 1 fully saturated rings. The number of carbonyl (C=O) groups excluding carboxylic acids is 1.